The fourth-order valence-corrected chi connectivity index (χ4v) is 3.61. The van der Waals surface area contributed by atoms with E-state index in [1.807, 2.05) is 6.92 Å². The van der Waals surface area contributed by atoms with Crippen molar-refractivity contribution >= 4 is 0 Å². The van der Waals surface area contributed by atoms with E-state index in [4.69, 9.17) is 0 Å². The van der Waals surface area contributed by atoms with Crippen LogP contribution in [0.1, 0.15) is 94.4 Å². The van der Waals surface area contributed by atoms with Gasteiger partial charge in [0, 0.05) is 5.56 Å². The second-order valence-electron chi connectivity index (χ2n) is 7.06. The van der Waals surface area contributed by atoms with Crippen LogP contribution in [0.2, 0.25) is 0 Å². The molecule has 1 heteroatoms. The normalized spacial score (nSPS) is 20.0. The summed E-state index contributed by atoms with van der Waals surface area (Å²) in [4.78, 5) is 0. The third kappa shape index (κ3) is 3.94. The van der Waals surface area contributed by atoms with E-state index in [9.17, 15) is 5.11 Å². The summed E-state index contributed by atoms with van der Waals surface area (Å²) in [6.45, 7) is 10.8. The summed E-state index contributed by atoms with van der Waals surface area (Å²) in [5.74, 6) is 1.69. The van der Waals surface area contributed by atoms with Gasteiger partial charge in [-0.1, -0.05) is 32.1 Å². The van der Waals surface area contributed by atoms with Crippen molar-refractivity contribution in [3.8, 4) is 5.75 Å². The zero-order valence-electron chi connectivity index (χ0n) is 14.3. The number of fused-ring (bicyclic) bond motifs is 1. The number of hydrogen-bond acceptors (Lipinski definition) is 1. The smallest absolute Gasteiger partial charge is 0.122 e. The number of allylic oxidation sites excluding steroid dienone is 2. The standard InChI is InChI=1S/C20H30O.CH4/c1-13(2)8-6-7-9-17-11-10-14(3)19-18(17)12-15(4)16(5)20(19)21;/h8,12,14,17,21H,6-7,9-11H2,1-5H3;1H4/t14-,17-;/m1./s1. The Morgan fingerprint density at radius 1 is 1.27 bits per heavy atom. The monoisotopic (exact) mass is 302 g/mol. The van der Waals surface area contributed by atoms with Gasteiger partial charge in [0.05, 0.1) is 0 Å². The highest BCUT2D eigenvalue weighted by molar-refractivity contribution is 5.52. The van der Waals surface area contributed by atoms with E-state index in [0.29, 0.717) is 17.6 Å². The number of aryl methyl sites for hydroxylation is 1. The van der Waals surface area contributed by atoms with Crippen molar-refractivity contribution in [1.29, 1.82) is 0 Å². The molecule has 22 heavy (non-hydrogen) atoms. The predicted molar refractivity (Wildman–Crippen MR) is 98.0 cm³/mol. The zero-order valence-corrected chi connectivity index (χ0v) is 14.3. The number of benzene rings is 1. The molecule has 1 aliphatic carbocycles. The largest absolute Gasteiger partial charge is 0.507 e. The molecule has 1 aliphatic rings. The van der Waals surface area contributed by atoms with E-state index in [1.54, 1.807) is 0 Å². The van der Waals surface area contributed by atoms with Crippen LogP contribution in [0.5, 0.6) is 5.75 Å². The van der Waals surface area contributed by atoms with Crippen LogP contribution in [0.15, 0.2) is 17.7 Å². The number of hydrogen-bond donors (Lipinski definition) is 1. The van der Waals surface area contributed by atoms with Crippen molar-refractivity contribution in [2.45, 2.75) is 86.0 Å². The van der Waals surface area contributed by atoms with Gasteiger partial charge in [-0.15, -0.1) is 0 Å². The summed E-state index contributed by atoms with van der Waals surface area (Å²) in [6, 6.07) is 2.34. The van der Waals surface area contributed by atoms with E-state index in [1.165, 1.54) is 54.4 Å². The van der Waals surface area contributed by atoms with Crippen LogP contribution < -0.4 is 0 Å². The van der Waals surface area contributed by atoms with Crippen LogP contribution in [0.4, 0.5) is 0 Å². The lowest BCUT2D eigenvalue weighted by atomic mass is 9.74. The van der Waals surface area contributed by atoms with Crippen molar-refractivity contribution in [1.82, 2.24) is 0 Å². The number of aromatic hydroxyl groups is 1. The van der Waals surface area contributed by atoms with Gasteiger partial charge in [-0.25, -0.2) is 0 Å². The Bertz CT molecular complexity index is 535. The lowest BCUT2D eigenvalue weighted by Crippen LogP contribution is -2.14. The fraction of sp³-hybridized carbons (Fsp3) is 0.619. The van der Waals surface area contributed by atoms with Crippen molar-refractivity contribution in [2.24, 2.45) is 0 Å². The van der Waals surface area contributed by atoms with Crippen LogP contribution >= 0.6 is 0 Å². The molecule has 0 saturated carbocycles. The molecule has 124 valence electrons. The molecule has 1 nitrogen and oxygen atoms in total. The quantitative estimate of drug-likeness (QED) is 0.481. The van der Waals surface area contributed by atoms with Crippen molar-refractivity contribution in [2.75, 3.05) is 0 Å². The Labute approximate surface area is 137 Å². The second-order valence-corrected chi connectivity index (χ2v) is 7.06. The first kappa shape index (κ1) is 18.8. The van der Waals surface area contributed by atoms with Gasteiger partial charge in [0.2, 0.25) is 0 Å². The van der Waals surface area contributed by atoms with Crippen LogP contribution in [0, 0.1) is 13.8 Å². The molecule has 0 saturated heterocycles. The molecule has 0 aromatic heterocycles. The average molecular weight is 303 g/mol. The highest BCUT2D eigenvalue weighted by Crippen LogP contribution is 2.46. The van der Waals surface area contributed by atoms with Crippen LogP contribution in [-0.2, 0) is 0 Å². The molecule has 2 rings (SSSR count). The molecule has 0 heterocycles. The summed E-state index contributed by atoms with van der Waals surface area (Å²) in [7, 11) is 0. The lowest BCUT2D eigenvalue weighted by molar-refractivity contribution is 0.422. The number of rotatable bonds is 4. The maximum absolute atomic E-state index is 10.5. The molecule has 1 aromatic carbocycles. The first-order valence-electron chi connectivity index (χ1n) is 8.38. The Morgan fingerprint density at radius 2 is 1.95 bits per heavy atom. The van der Waals surface area contributed by atoms with E-state index in [2.05, 4.69) is 39.8 Å². The Morgan fingerprint density at radius 3 is 2.59 bits per heavy atom. The summed E-state index contributed by atoms with van der Waals surface area (Å²) in [6.07, 6.45) is 8.48. The van der Waals surface area contributed by atoms with Crippen molar-refractivity contribution < 1.29 is 5.11 Å². The Kier molecular flexibility index (Phi) is 6.71. The van der Waals surface area contributed by atoms with Crippen molar-refractivity contribution in [3.63, 3.8) is 0 Å². The molecule has 0 unspecified atom stereocenters. The fourth-order valence-electron chi connectivity index (χ4n) is 3.61. The van der Waals surface area contributed by atoms with Gasteiger partial charge in [0.25, 0.3) is 0 Å². The molecule has 1 N–H and O–H groups in total. The number of phenols is 1. The molecule has 0 aliphatic heterocycles. The second kappa shape index (κ2) is 7.85. The number of unbranched alkanes of at least 4 members (excludes halogenated alkanes) is 1. The van der Waals surface area contributed by atoms with Gasteiger partial charge >= 0.3 is 0 Å². The van der Waals surface area contributed by atoms with Gasteiger partial charge in [-0.2, -0.15) is 0 Å². The number of phenolic OH excluding ortho intramolecular Hbond substituents is 1. The molecule has 0 fully saturated rings. The van der Waals surface area contributed by atoms with Crippen LogP contribution in [-0.4, -0.2) is 5.11 Å². The minimum absolute atomic E-state index is 0. The minimum atomic E-state index is 0. The summed E-state index contributed by atoms with van der Waals surface area (Å²) in [5, 5.41) is 10.5. The van der Waals surface area contributed by atoms with E-state index < -0.39 is 0 Å². The highest BCUT2D eigenvalue weighted by Gasteiger charge is 2.28. The van der Waals surface area contributed by atoms with E-state index in [0.717, 1.165) is 5.56 Å². The Balaban J connectivity index is 0.00000242. The summed E-state index contributed by atoms with van der Waals surface area (Å²) >= 11 is 0. The average Bonchev–Trinajstić information content (AvgIpc) is 2.42. The molecule has 0 amide bonds. The summed E-state index contributed by atoms with van der Waals surface area (Å²) in [5.41, 5.74) is 6.36. The van der Waals surface area contributed by atoms with E-state index in [-0.39, 0.29) is 7.43 Å². The van der Waals surface area contributed by atoms with Crippen LogP contribution in [0.25, 0.3) is 0 Å². The van der Waals surface area contributed by atoms with Gasteiger partial charge < -0.3 is 5.11 Å². The molecule has 1 aromatic rings. The first-order chi connectivity index (χ1) is 9.91. The maximum Gasteiger partial charge on any atom is 0.122 e. The third-order valence-electron chi connectivity index (χ3n) is 5.07. The predicted octanol–water partition coefficient (Wildman–Crippen LogP) is 6.76. The molecule has 0 spiro atoms. The zero-order chi connectivity index (χ0) is 15.6. The van der Waals surface area contributed by atoms with Gasteiger partial charge in [0.1, 0.15) is 5.75 Å². The third-order valence-corrected chi connectivity index (χ3v) is 5.07. The molecule has 0 radical (unpaired) electrons. The van der Waals surface area contributed by atoms with Gasteiger partial charge in [-0.3, -0.25) is 0 Å². The van der Waals surface area contributed by atoms with Gasteiger partial charge in [0.15, 0.2) is 0 Å². The molecule has 2 atom stereocenters. The molecular formula is C21H34O. The highest BCUT2D eigenvalue weighted by atomic mass is 16.3. The topological polar surface area (TPSA) is 20.2 Å². The molecular weight excluding hydrogens is 268 g/mol. The minimum Gasteiger partial charge on any atom is -0.507 e. The molecule has 0 bridgehead atoms. The summed E-state index contributed by atoms with van der Waals surface area (Å²) < 4.78 is 0. The SMILES string of the molecule is C.CC(C)=CCCC[C@@H]1CC[C@@H](C)c2c1cc(C)c(C)c2O. The maximum atomic E-state index is 10.5. The van der Waals surface area contributed by atoms with E-state index >= 15 is 0 Å². The Hall–Kier alpha value is -1.24. The first-order valence-corrected chi connectivity index (χ1v) is 8.38. The van der Waals surface area contributed by atoms with Crippen LogP contribution in [0.3, 0.4) is 0 Å². The lowest BCUT2D eigenvalue weighted by Gasteiger charge is -2.32. The van der Waals surface area contributed by atoms with Crippen molar-refractivity contribution in [3.05, 3.63) is 40.0 Å². The van der Waals surface area contributed by atoms with Gasteiger partial charge in [-0.05, 0) is 88.3 Å².